The third kappa shape index (κ3) is 3.29. The van der Waals surface area contributed by atoms with Gasteiger partial charge >= 0.3 is 5.97 Å². The molecule has 0 heterocycles. The van der Waals surface area contributed by atoms with Crippen LogP contribution in [0.5, 0.6) is 0 Å². The van der Waals surface area contributed by atoms with Gasteiger partial charge in [0.15, 0.2) is 0 Å². The molecular formula is C14H19F2NO2. The highest BCUT2D eigenvalue weighted by atomic mass is 19.1. The van der Waals surface area contributed by atoms with E-state index in [9.17, 15) is 13.6 Å². The topological polar surface area (TPSA) is 38.3 Å². The van der Waals surface area contributed by atoms with Gasteiger partial charge in [-0.3, -0.25) is 5.32 Å². The van der Waals surface area contributed by atoms with Crippen molar-refractivity contribution >= 4 is 5.97 Å². The minimum atomic E-state index is -1.56. The van der Waals surface area contributed by atoms with Crippen LogP contribution >= 0.6 is 0 Å². The Labute approximate surface area is 112 Å². The highest BCUT2D eigenvalue weighted by Gasteiger charge is 2.41. The molecule has 0 spiro atoms. The molecule has 0 amide bonds. The van der Waals surface area contributed by atoms with Crippen molar-refractivity contribution in [2.75, 3.05) is 6.61 Å². The van der Waals surface area contributed by atoms with Crippen molar-refractivity contribution < 1.29 is 18.3 Å². The number of hydrogen-bond donors (Lipinski definition) is 1. The van der Waals surface area contributed by atoms with Crippen molar-refractivity contribution in [3.05, 3.63) is 35.4 Å². The van der Waals surface area contributed by atoms with E-state index in [1.165, 1.54) is 13.0 Å². The Morgan fingerprint density at radius 2 is 1.89 bits per heavy atom. The lowest BCUT2D eigenvalue weighted by atomic mass is 9.90. The molecule has 0 aliphatic carbocycles. The van der Waals surface area contributed by atoms with Crippen LogP contribution in [0.15, 0.2) is 18.2 Å². The third-order valence-electron chi connectivity index (χ3n) is 2.72. The summed E-state index contributed by atoms with van der Waals surface area (Å²) in [5, 5.41) is 2.88. The molecule has 0 fully saturated rings. The van der Waals surface area contributed by atoms with Gasteiger partial charge in [-0.25, -0.2) is 13.6 Å². The van der Waals surface area contributed by atoms with Crippen LogP contribution in [0.1, 0.15) is 33.3 Å². The molecule has 0 saturated heterocycles. The average Bonchev–Trinajstić information content (AvgIpc) is 2.27. The van der Waals surface area contributed by atoms with Crippen LogP contribution in [0.4, 0.5) is 8.78 Å². The standard InChI is InChI=1S/C14H19F2NO2/c1-5-19-13(18)14(4,17-9(2)3)12-10(15)7-6-8-11(12)16/h6-9,17H,5H2,1-4H3. The summed E-state index contributed by atoms with van der Waals surface area (Å²) in [6.45, 7) is 6.79. The van der Waals surface area contributed by atoms with Crippen LogP contribution in [0.25, 0.3) is 0 Å². The van der Waals surface area contributed by atoms with Crippen molar-refractivity contribution in [2.45, 2.75) is 39.3 Å². The predicted octanol–water partition coefficient (Wildman–Crippen LogP) is 2.74. The summed E-state index contributed by atoms with van der Waals surface area (Å²) in [6, 6.07) is 3.36. The summed E-state index contributed by atoms with van der Waals surface area (Å²) in [7, 11) is 0. The van der Waals surface area contributed by atoms with Crippen LogP contribution in [-0.4, -0.2) is 18.6 Å². The van der Waals surface area contributed by atoms with Crippen LogP contribution < -0.4 is 5.32 Å². The second-order valence-electron chi connectivity index (χ2n) is 4.74. The quantitative estimate of drug-likeness (QED) is 0.837. The normalized spacial score (nSPS) is 14.3. The summed E-state index contributed by atoms with van der Waals surface area (Å²) in [5.74, 6) is -2.25. The molecule has 0 bridgehead atoms. The maximum Gasteiger partial charge on any atom is 0.330 e. The second-order valence-corrected chi connectivity index (χ2v) is 4.74. The molecule has 19 heavy (non-hydrogen) atoms. The first kappa shape index (κ1) is 15.6. The minimum Gasteiger partial charge on any atom is -0.464 e. The number of halogens is 2. The smallest absolute Gasteiger partial charge is 0.330 e. The molecule has 1 aromatic carbocycles. The molecule has 0 aliphatic rings. The van der Waals surface area contributed by atoms with Gasteiger partial charge in [0.25, 0.3) is 0 Å². The number of rotatable bonds is 5. The van der Waals surface area contributed by atoms with E-state index < -0.39 is 23.1 Å². The molecule has 0 aliphatic heterocycles. The highest BCUT2D eigenvalue weighted by molar-refractivity contribution is 5.82. The van der Waals surface area contributed by atoms with E-state index in [-0.39, 0.29) is 18.2 Å². The fourth-order valence-electron chi connectivity index (χ4n) is 2.06. The summed E-state index contributed by atoms with van der Waals surface area (Å²) in [4.78, 5) is 12.1. The van der Waals surface area contributed by atoms with Crippen molar-refractivity contribution in [2.24, 2.45) is 0 Å². The van der Waals surface area contributed by atoms with Gasteiger partial charge in [-0.15, -0.1) is 0 Å². The zero-order valence-electron chi connectivity index (χ0n) is 11.6. The van der Waals surface area contributed by atoms with E-state index >= 15 is 0 Å². The first-order valence-electron chi connectivity index (χ1n) is 6.22. The number of nitrogens with one attached hydrogen (secondary N) is 1. The Morgan fingerprint density at radius 3 is 2.32 bits per heavy atom. The molecule has 1 atom stereocenters. The maximum absolute atomic E-state index is 13.9. The Balaban J connectivity index is 3.34. The number of benzene rings is 1. The highest BCUT2D eigenvalue weighted by Crippen LogP contribution is 2.28. The van der Waals surface area contributed by atoms with Gasteiger partial charge in [-0.1, -0.05) is 6.07 Å². The van der Waals surface area contributed by atoms with Crippen LogP contribution in [0, 0.1) is 11.6 Å². The lowest BCUT2D eigenvalue weighted by Gasteiger charge is -2.31. The van der Waals surface area contributed by atoms with Crippen LogP contribution in [0.2, 0.25) is 0 Å². The SMILES string of the molecule is CCOC(=O)C(C)(NC(C)C)c1c(F)cccc1F. The fraction of sp³-hybridized carbons (Fsp3) is 0.500. The zero-order chi connectivity index (χ0) is 14.6. The molecule has 1 rings (SSSR count). The third-order valence-corrected chi connectivity index (χ3v) is 2.72. The molecule has 1 N–H and O–H groups in total. The van der Waals surface area contributed by atoms with Gasteiger partial charge in [0.1, 0.15) is 17.2 Å². The largest absolute Gasteiger partial charge is 0.464 e. The molecule has 0 aromatic heterocycles. The number of hydrogen-bond acceptors (Lipinski definition) is 3. The Kier molecular flexibility index (Phi) is 5.00. The van der Waals surface area contributed by atoms with E-state index in [1.54, 1.807) is 20.8 Å². The van der Waals surface area contributed by atoms with Crippen molar-refractivity contribution in [3.63, 3.8) is 0 Å². The lowest BCUT2D eigenvalue weighted by molar-refractivity contribution is -0.151. The maximum atomic E-state index is 13.9. The Hall–Kier alpha value is -1.49. The lowest BCUT2D eigenvalue weighted by Crippen LogP contribution is -2.51. The zero-order valence-corrected chi connectivity index (χ0v) is 11.6. The molecular weight excluding hydrogens is 252 g/mol. The molecule has 0 radical (unpaired) electrons. The Morgan fingerprint density at radius 1 is 1.37 bits per heavy atom. The number of carbonyl (C=O) groups is 1. The first-order valence-corrected chi connectivity index (χ1v) is 6.22. The van der Waals surface area contributed by atoms with E-state index in [0.717, 1.165) is 12.1 Å². The number of carbonyl (C=O) groups excluding carboxylic acids is 1. The van der Waals surface area contributed by atoms with Gasteiger partial charge in [-0.05, 0) is 39.8 Å². The molecule has 106 valence electrons. The Bertz CT molecular complexity index is 443. The second kappa shape index (κ2) is 6.10. The van der Waals surface area contributed by atoms with E-state index in [2.05, 4.69) is 5.32 Å². The van der Waals surface area contributed by atoms with Gasteiger partial charge < -0.3 is 4.74 Å². The summed E-state index contributed by atoms with van der Waals surface area (Å²) >= 11 is 0. The first-order chi connectivity index (χ1) is 8.82. The fourth-order valence-corrected chi connectivity index (χ4v) is 2.06. The molecule has 1 unspecified atom stereocenters. The van der Waals surface area contributed by atoms with Crippen LogP contribution in [-0.2, 0) is 15.1 Å². The molecule has 0 saturated carbocycles. The number of ether oxygens (including phenoxy) is 1. The van der Waals surface area contributed by atoms with Crippen molar-refractivity contribution in [1.82, 2.24) is 5.32 Å². The van der Waals surface area contributed by atoms with Crippen molar-refractivity contribution in [1.29, 1.82) is 0 Å². The molecule has 5 heteroatoms. The predicted molar refractivity (Wildman–Crippen MR) is 68.6 cm³/mol. The molecule has 1 aromatic rings. The van der Waals surface area contributed by atoms with Gasteiger partial charge in [0.2, 0.25) is 0 Å². The number of esters is 1. The van der Waals surface area contributed by atoms with E-state index in [1.807, 2.05) is 0 Å². The monoisotopic (exact) mass is 271 g/mol. The van der Waals surface area contributed by atoms with Gasteiger partial charge in [-0.2, -0.15) is 0 Å². The average molecular weight is 271 g/mol. The van der Waals surface area contributed by atoms with Gasteiger partial charge in [0.05, 0.1) is 12.2 Å². The van der Waals surface area contributed by atoms with E-state index in [0.29, 0.717) is 0 Å². The summed E-state index contributed by atoms with van der Waals surface area (Å²) in [6.07, 6.45) is 0. The summed E-state index contributed by atoms with van der Waals surface area (Å²) in [5.41, 5.74) is -1.87. The van der Waals surface area contributed by atoms with Crippen molar-refractivity contribution in [3.8, 4) is 0 Å². The van der Waals surface area contributed by atoms with Crippen LogP contribution in [0.3, 0.4) is 0 Å². The summed E-state index contributed by atoms with van der Waals surface area (Å²) < 4.78 is 32.8. The van der Waals surface area contributed by atoms with E-state index in [4.69, 9.17) is 4.74 Å². The minimum absolute atomic E-state index is 0.143. The molecule has 3 nitrogen and oxygen atoms in total. The van der Waals surface area contributed by atoms with Gasteiger partial charge in [0, 0.05) is 6.04 Å².